The van der Waals surface area contributed by atoms with E-state index in [-0.39, 0.29) is 5.91 Å². The molecule has 11 heavy (non-hydrogen) atoms. The molecular formula is C8H15NO2. The van der Waals surface area contributed by atoms with E-state index in [9.17, 15) is 4.79 Å². The van der Waals surface area contributed by atoms with Crippen molar-refractivity contribution in [3.63, 3.8) is 0 Å². The van der Waals surface area contributed by atoms with Crippen LogP contribution in [0.5, 0.6) is 0 Å². The normalized spacial score (nSPS) is 21.6. The first kappa shape index (κ1) is 8.53. The van der Waals surface area contributed by atoms with Gasteiger partial charge in [-0.05, 0) is 25.7 Å². The number of nitrogens with one attached hydrogen (secondary N) is 1. The van der Waals surface area contributed by atoms with E-state index >= 15 is 0 Å². The fourth-order valence-electron chi connectivity index (χ4n) is 1.70. The Balaban J connectivity index is 2.66. The average Bonchev–Trinajstić information content (AvgIpc) is 2.52. The van der Waals surface area contributed by atoms with Crippen molar-refractivity contribution in [3.05, 3.63) is 0 Å². The van der Waals surface area contributed by atoms with Gasteiger partial charge >= 0.3 is 0 Å². The molecule has 0 spiro atoms. The van der Waals surface area contributed by atoms with Crippen LogP contribution in [0.3, 0.4) is 0 Å². The fourth-order valence-corrected chi connectivity index (χ4v) is 1.70. The molecule has 1 rings (SSSR count). The quantitative estimate of drug-likeness (QED) is 0.640. The summed E-state index contributed by atoms with van der Waals surface area (Å²) in [5.41, 5.74) is -0.505. The van der Waals surface area contributed by atoms with Gasteiger partial charge in [-0.15, -0.1) is 0 Å². The third-order valence-corrected chi connectivity index (χ3v) is 2.44. The molecule has 0 aromatic carbocycles. The van der Waals surface area contributed by atoms with Gasteiger partial charge in [-0.25, -0.2) is 0 Å². The summed E-state index contributed by atoms with van der Waals surface area (Å²) in [7, 11) is 3.27. The molecule has 0 bridgehead atoms. The number of ether oxygens (including phenoxy) is 1. The lowest BCUT2D eigenvalue weighted by Gasteiger charge is -2.24. The molecule has 1 aliphatic rings. The molecule has 64 valence electrons. The van der Waals surface area contributed by atoms with Gasteiger partial charge < -0.3 is 10.1 Å². The number of amides is 1. The molecule has 0 aromatic heterocycles. The van der Waals surface area contributed by atoms with Gasteiger partial charge in [0.1, 0.15) is 5.60 Å². The van der Waals surface area contributed by atoms with E-state index in [1.54, 1.807) is 14.2 Å². The molecule has 1 aliphatic carbocycles. The molecule has 0 aromatic rings. The predicted molar refractivity (Wildman–Crippen MR) is 42.3 cm³/mol. The topological polar surface area (TPSA) is 38.3 Å². The Morgan fingerprint density at radius 3 is 2.36 bits per heavy atom. The van der Waals surface area contributed by atoms with Crippen molar-refractivity contribution in [1.82, 2.24) is 5.32 Å². The number of carbonyl (C=O) groups excluding carboxylic acids is 1. The van der Waals surface area contributed by atoms with Crippen LogP contribution in [0.2, 0.25) is 0 Å². The number of carbonyl (C=O) groups is 1. The van der Waals surface area contributed by atoms with Crippen LogP contribution in [0.1, 0.15) is 25.7 Å². The van der Waals surface area contributed by atoms with Gasteiger partial charge in [-0.2, -0.15) is 0 Å². The average molecular weight is 157 g/mol. The van der Waals surface area contributed by atoms with E-state index in [1.807, 2.05) is 0 Å². The van der Waals surface area contributed by atoms with Crippen molar-refractivity contribution in [2.45, 2.75) is 31.3 Å². The molecule has 0 saturated heterocycles. The summed E-state index contributed by atoms with van der Waals surface area (Å²) < 4.78 is 5.24. The minimum Gasteiger partial charge on any atom is -0.368 e. The summed E-state index contributed by atoms with van der Waals surface area (Å²) in [6.45, 7) is 0. The molecular weight excluding hydrogens is 142 g/mol. The van der Waals surface area contributed by atoms with Crippen LogP contribution in [0.4, 0.5) is 0 Å². The number of likely N-dealkylation sites (N-methyl/N-ethyl adjacent to an activating group) is 1. The predicted octanol–water partition coefficient (Wildman–Crippen LogP) is 0.692. The first-order valence-corrected chi connectivity index (χ1v) is 4.02. The second kappa shape index (κ2) is 3.22. The van der Waals surface area contributed by atoms with Gasteiger partial charge in [-0.1, -0.05) is 0 Å². The van der Waals surface area contributed by atoms with Crippen LogP contribution in [0.25, 0.3) is 0 Å². The van der Waals surface area contributed by atoms with E-state index in [2.05, 4.69) is 5.32 Å². The van der Waals surface area contributed by atoms with Gasteiger partial charge in [0.25, 0.3) is 5.91 Å². The van der Waals surface area contributed by atoms with Crippen LogP contribution in [0.15, 0.2) is 0 Å². The summed E-state index contributed by atoms with van der Waals surface area (Å²) in [5.74, 6) is 0.0255. The highest BCUT2D eigenvalue weighted by atomic mass is 16.5. The second-order valence-corrected chi connectivity index (χ2v) is 2.98. The minimum atomic E-state index is -0.505. The van der Waals surface area contributed by atoms with Crippen molar-refractivity contribution in [2.24, 2.45) is 0 Å². The maximum Gasteiger partial charge on any atom is 0.251 e. The number of hydrogen-bond acceptors (Lipinski definition) is 2. The van der Waals surface area contributed by atoms with Gasteiger partial charge in [-0.3, -0.25) is 4.79 Å². The highest BCUT2D eigenvalue weighted by Crippen LogP contribution is 2.32. The van der Waals surface area contributed by atoms with Gasteiger partial charge in [0.05, 0.1) is 0 Å². The molecule has 3 nitrogen and oxygen atoms in total. The Hall–Kier alpha value is -0.570. The number of hydrogen-bond donors (Lipinski definition) is 1. The maximum absolute atomic E-state index is 11.3. The molecule has 0 unspecified atom stereocenters. The zero-order valence-electron chi connectivity index (χ0n) is 7.14. The van der Waals surface area contributed by atoms with E-state index in [4.69, 9.17) is 4.74 Å². The summed E-state index contributed by atoms with van der Waals surface area (Å²) in [5, 5.41) is 2.63. The van der Waals surface area contributed by atoms with Crippen LogP contribution in [0, 0.1) is 0 Å². The fraction of sp³-hybridized carbons (Fsp3) is 0.875. The third kappa shape index (κ3) is 1.38. The van der Waals surface area contributed by atoms with E-state index in [0.29, 0.717) is 0 Å². The zero-order chi connectivity index (χ0) is 8.32. The molecule has 0 aliphatic heterocycles. The smallest absolute Gasteiger partial charge is 0.251 e. The van der Waals surface area contributed by atoms with Crippen molar-refractivity contribution >= 4 is 5.91 Å². The molecule has 3 heteroatoms. The molecule has 0 atom stereocenters. The molecule has 1 N–H and O–H groups in total. The Morgan fingerprint density at radius 2 is 2.00 bits per heavy atom. The Bertz CT molecular complexity index is 150. The maximum atomic E-state index is 11.3. The third-order valence-electron chi connectivity index (χ3n) is 2.44. The lowest BCUT2D eigenvalue weighted by Crippen LogP contribution is -2.44. The van der Waals surface area contributed by atoms with Crippen LogP contribution in [-0.2, 0) is 9.53 Å². The summed E-state index contributed by atoms with van der Waals surface area (Å²) >= 11 is 0. The van der Waals surface area contributed by atoms with E-state index in [1.165, 1.54) is 0 Å². The van der Waals surface area contributed by atoms with E-state index < -0.39 is 5.60 Å². The number of methoxy groups -OCH3 is 1. The van der Waals surface area contributed by atoms with Crippen molar-refractivity contribution < 1.29 is 9.53 Å². The lowest BCUT2D eigenvalue weighted by atomic mass is 10.0. The van der Waals surface area contributed by atoms with Crippen LogP contribution < -0.4 is 5.32 Å². The monoisotopic (exact) mass is 157 g/mol. The second-order valence-electron chi connectivity index (χ2n) is 2.98. The van der Waals surface area contributed by atoms with Crippen molar-refractivity contribution in [3.8, 4) is 0 Å². The Labute approximate surface area is 67.1 Å². The zero-order valence-corrected chi connectivity index (χ0v) is 7.14. The molecule has 1 amide bonds. The van der Waals surface area contributed by atoms with Crippen LogP contribution in [-0.4, -0.2) is 25.7 Å². The first-order valence-electron chi connectivity index (χ1n) is 4.02. The Morgan fingerprint density at radius 1 is 1.45 bits per heavy atom. The summed E-state index contributed by atoms with van der Waals surface area (Å²) in [6, 6.07) is 0. The number of rotatable bonds is 2. The highest BCUT2D eigenvalue weighted by molar-refractivity contribution is 5.85. The van der Waals surface area contributed by atoms with Gasteiger partial charge in [0, 0.05) is 14.2 Å². The lowest BCUT2D eigenvalue weighted by molar-refractivity contribution is -0.142. The largest absolute Gasteiger partial charge is 0.368 e. The highest BCUT2D eigenvalue weighted by Gasteiger charge is 2.40. The minimum absolute atomic E-state index is 0.0255. The molecule has 0 radical (unpaired) electrons. The molecule has 1 fully saturated rings. The SMILES string of the molecule is CNC(=O)C1(OC)CCCC1. The van der Waals surface area contributed by atoms with Gasteiger partial charge in [0.15, 0.2) is 0 Å². The summed E-state index contributed by atoms with van der Waals surface area (Å²) in [4.78, 5) is 11.3. The Kier molecular flexibility index (Phi) is 2.49. The van der Waals surface area contributed by atoms with E-state index in [0.717, 1.165) is 25.7 Å². The first-order chi connectivity index (χ1) is 5.25. The van der Waals surface area contributed by atoms with Crippen molar-refractivity contribution in [1.29, 1.82) is 0 Å². The van der Waals surface area contributed by atoms with Gasteiger partial charge in [0.2, 0.25) is 0 Å². The van der Waals surface area contributed by atoms with Crippen molar-refractivity contribution in [2.75, 3.05) is 14.2 Å². The molecule has 1 saturated carbocycles. The summed E-state index contributed by atoms with van der Waals surface area (Å²) in [6.07, 6.45) is 3.93. The van der Waals surface area contributed by atoms with Crippen LogP contribution >= 0.6 is 0 Å². The standard InChI is InChI=1S/C8H15NO2/c1-9-7(10)8(11-2)5-3-4-6-8/h3-6H2,1-2H3,(H,9,10). The molecule has 0 heterocycles.